The number of hydrogen-bond acceptors (Lipinski definition) is 4. The van der Waals surface area contributed by atoms with Crippen LogP contribution in [-0.4, -0.2) is 11.1 Å². The fourth-order valence-electron chi connectivity index (χ4n) is 3.40. The van der Waals surface area contributed by atoms with Crippen LogP contribution in [0.15, 0.2) is 24.3 Å². The van der Waals surface area contributed by atoms with Crippen LogP contribution in [0.4, 0.5) is 4.79 Å². The summed E-state index contributed by atoms with van der Waals surface area (Å²) in [5.74, 6) is 0.391. The van der Waals surface area contributed by atoms with Gasteiger partial charge in [-0.3, -0.25) is 4.98 Å². The van der Waals surface area contributed by atoms with Crippen LogP contribution >= 0.6 is 0 Å². The molecule has 0 aliphatic carbocycles. The molecule has 28 heavy (non-hydrogen) atoms. The van der Waals surface area contributed by atoms with E-state index >= 15 is 0 Å². The van der Waals surface area contributed by atoms with Gasteiger partial charge in [-0.2, -0.15) is 5.26 Å². The number of amides is 1. The Bertz CT molecular complexity index is 865. The van der Waals surface area contributed by atoms with Crippen LogP contribution in [-0.2, 0) is 30.6 Å². The molecule has 2 N–H and O–H groups in total. The lowest BCUT2D eigenvalue weighted by atomic mass is 9.88. The summed E-state index contributed by atoms with van der Waals surface area (Å²) in [7, 11) is 0. The Hall–Kier alpha value is -2.87. The molecule has 0 atom stereocenters. The number of carbonyl (C=O) groups excluding carboxylic acids is 1. The lowest BCUT2D eigenvalue weighted by Crippen LogP contribution is -2.17. The summed E-state index contributed by atoms with van der Waals surface area (Å²) in [6.45, 7) is 8.47. The number of rotatable bonds is 8. The molecule has 2 rings (SSSR count). The zero-order valence-corrected chi connectivity index (χ0v) is 17.2. The second-order valence-electron chi connectivity index (χ2n) is 7.49. The van der Waals surface area contributed by atoms with Crippen molar-refractivity contribution in [3.05, 3.63) is 52.3 Å². The molecule has 0 spiro atoms. The average molecular weight is 380 g/mol. The van der Waals surface area contributed by atoms with Gasteiger partial charge in [0.05, 0.1) is 12.5 Å². The summed E-state index contributed by atoms with van der Waals surface area (Å²) in [5, 5.41) is 9.47. The Kier molecular flexibility index (Phi) is 7.57. The van der Waals surface area contributed by atoms with Gasteiger partial charge in [-0.1, -0.05) is 57.0 Å². The number of nitriles is 1. The highest BCUT2D eigenvalue weighted by molar-refractivity contribution is 5.74. The third-order valence-corrected chi connectivity index (χ3v) is 4.61. The van der Waals surface area contributed by atoms with Gasteiger partial charge in [0.15, 0.2) is 0 Å². The summed E-state index contributed by atoms with van der Waals surface area (Å²) < 4.78 is 5.18. The average Bonchev–Trinajstić information content (AvgIpc) is 2.63. The number of benzene rings is 1. The highest BCUT2D eigenvalue weighted by Crippen LogP contribution is 2.34. The summed E-state index contributed by atoms with van der Waals surface area (Å²) in [5.41, 5.74) is 12.0. The number of nitrogens with two attached hydrogens (primary N) is 1. The fourth-order valence-corrected chi connectivity index (χ4v) is 3.40. The molecule has 1 aromatic heterocycles. The van der Waals surface area contributed by atoms with Crippen molar-refractivity contribution in [1.29, 1.82) is 5.26 Å². The van der Waals surface area contributed by atoms with Gasteiger partial charge in [0.25, 0.3) is 0 Å². The zero-order valence-electron chi connectivity index (χ0n) is 17.2. The number of aryl methyl sites for hydroxylation is 2. The van der Waals surface area contributed by atoms with Crippen molar-refractivity contribution >= 4 is 6.09 Å². The number of hydrogen-bond donors (Lipinski definition) is 1. The van der Waals surface area contributed by atoms with E-state index < -0.39 is 6.09 Å². The molecule has 5 heteroatoms. The normalized spacial score (nSPS) is 10.7. The van der Waals surface area contributed by atoms with E-state index in [-0.39, 0.29) is 13.0 Å². The first-order chi connectivity index (χ1) is 13.4. The molecule has 0 bridgehead atoms. The van der Waals surface area contributed by atoms with Crippen LogP contribution in [0.5, 0.6) is 0 Å². The maximum absolute atomic E-state index is 11.3. The van der Waals surface area contributed by atoms with E-state index in [1.807, 2.05) is 31.2 Å². The van der Waals surface area contributed by atoms with E-state index in [1.54, 1.807) is 0 Å². The first-order valence-electron chi connectivity index (χ1n) is 9.77. The van der Waals surface area contributed by atoms with E-state index in [0.29, 0.717) is 5.92 Å². The van der Waals surface area contributed by atoms with Crippen LogP contribution in [0.25, 0.3) is 11.1 Å². The Morgan fingerprint density at radius 1 is 1.21 bits per heavy atom. The van der Waals surface area contributed by atoms with E-state index in [2.05, 4.69) is 26.8 Å². The predicted molar refractivity (Wildman–Crippen MR) is 111 cm³/mol. The second kappa shape index (κ2) is 9.89. The molecular weight excluding hydrogens is 350 g/mol. The largest absolute Gasteiger partial charge is 0.445 e. The summed E-state index contributed by atoms with van der Waals surface area (Å²) in [6, 6.07) is 10.5. The van der Waals surface area contributed by atoms with Crippen molar-refractivity contribution in [3.63, 3.8) is 0 Å². The summed E-state index contributed by atoms with van der Waals surface area (Å²) in [6.07, 6.45) is 1.95. The van der Waals surface area contributed by atoms with Crippen LogP contribution in [0.1, 0.15) is 55.3 Å². The van der Waals surface area contributed by atoms with E-state index in [0.717, 1.165) is 58.5 Å². The molecule has 0 aliphatic rings. The minimum absolute atomic E-state index is 0.0540. The Labute approximate surface area is 167 Å². The number of nitrogens with zero attached hydrogens (tertiary/aromatic N) is 2. The van der Waals surface area contributed by atoms with E-state index in [4.69, 9.17) is 15.5 Å². The van der Waals surface area contributed by atoms with Crippen molar-refractivity contribution < 1.29 is 9.53 Å². The quantitative estimate of drug-likeness (QED) is 0.708. The highest BCUT2D eigenvalue weighted by atomic mass is 16.5. The molecule has 0 radical (unpaired) electrons. The van der Waals surface area contributed by atoms with Crippen LogP contribution in [0.2, 0.25) is 0 Å². The first kappa shape index (κ1) is 21.4. The second-order valence-corrected chi connectivity index (χ2v) is 7.49. The summed E-state index contributed by atoms with van der Waals surface area (Å²) >= 11 is 0. The van der Waals surface area contributed by atoms with Gasteiger partial charge in [0.2, 0.25) is 0 Å². The predicted octanol–water partition coefficient (Wildman–Crippen LogP) is 4.87. The molecule has 0 unspecified atom stereocenters. The van der Waals surface area contributed by atoms with Crippen molar-refractivity contribution in [2.24, 2.45) is 11.7 Å². The standard InChI is InChI=1S/C23H29N3O2/c1-5-6-20-18(11-12-24)22(17-9-7-16(4)8-10-17)19(14-28-23(25)27)21(26-20)13-15(2)3/h7-10,15H,5-6,11,13-14H2,1-4H3,(H2,25,27). The van der Waals surface area contributed by atoms with Gasteiger partial charge in [0, 0.05) is 17.0 Å². The smallest absolute Gasteiger partial charge is 0.404 e. The lowest BCUT2D eigenvalue weighted by Gasteiger charge is -2.21. The lowest BCUT2D eigenvalue weighted by molar-refractivity contribution is 0.150. The molecule has 2 aromatic rings. The van der Waals surface area contributed by atoms with Gasteiger partial charge < -0.3 is 10.5 Å². The van der Waals surface area contributed by atoms with Crippen molar-refractivity contribution in [2.45, 2.75) is 60.0 Å². The monoisotopic (exact) mass is 379 g/mol. The van der Waals surface area contributed by atoms with E-state index in [9.17, 15) is 10.1 Å². The number of pyridine rings is 1. The van der Waals surface area contributed by atoms with Gasteiger partial charge >= 0.3 is 6.09 Å². The van der Waals surface area contributed by atoms with Crippen molar-refractivity contribution in [2.75, 3.05) is 0 Å². The molecular formula is C23H29N3O2. The molecule has 1 heterocycles. The molecule has 0 fully saturated rings. The number of aromatic nitrogens is 1. The Balaban J connectivity index is 2.81. The van der Waals surface area contributed by atoms with Gasteiger partial charge in [-0.15, -0.1) is 0 Å². The third kappa shape index (κ3) is 5.32. The first-order valence-corrected chi connectivity index (χ1v) is 9.77. The maximum Gasteiger partial charge on any atom is 0.404 e. The molecule has 148 valence electrons. The van der Waals surface area contributed by atoms with Crippen LogP contribution < -0.4 is 5.73 Å². The molecule has 0 aliphatic heterocycles. The molecule has 5 nitrogen and oxygen atoms in total. The topological polar surface area (TPSA) is 89.0 Å². The minimum atomic E-state index is -0.815. The Morgan fingerprint density at radius 3 is 2.43 bits per heavy atom. The molecule has 1 aromatic carbocycles. The van der Waals surface area contributed by atoms with Gasteiger partial charge in [0.1, 0.15) is 6.61 Å². The van der Waals surface area contributed by atoms with Crippen molar-refractivity contribution in [1.82, 2.24) is 4.98 Å². The molecule has 0 saturated heterocycles. The number of primary amides is 1. The SMILES string of the molecule is CCCc1nc(CC(C)C)c(COC(N)=O)c(-c2ccc(C)cc2)c1CC#N. The Morgan fingerprint density at radius 2 is 1.89 bits per heavy atom. The van der Waals surface area contributed by atoms with Crippen molar-refractivity contribution in [3.8, 4) is 17.2 Å². The highest BCUT2D eigenvalue weighted by Gasteiger charge is 2.22. The minimum Gasteiger partial charge on any atom is -0.445 e. The molecule has 1 amide bonds. The maximum atomic E-state index is 11.3. The van der Waals surface area contributed by atoms with Crippen LogP contribution in [0.3, 0.4) is 0 Å². The number of ether oxygens (including phenoxy) is 1. The fraction of sp³-hybridized carbons (Fsp3) is 0.435. The van der Waals surface area contributed by atoms with Crippen LogP contribution in [0, 0.1) is 24.2 Å². The van der Waals surface area contributed by atoms with E-state index in [1.165, 1.54) is 0 Å². The molecule has 0 saturated carbocycles. The van der Waals surface area contributed by atoms with Gasteiger partial charge in [-0.05, 0) is 42.4 Å². The zero-order chi connectivity index (χ0) is 20.7. The summed E-state index contributed by atoms with van der Waals surface area (Å²) in [4.78, 5) is 16.2. The third-order valence-electron chi connectivity index (χ3n) is 4.61. The van der Waals surface area contributed by atoms with Gasteiger partial charge in [-0.25, -0.2) is 4.79 Å². The number of carbonyl (C=O) groups is 1.